The van der Waals surface area contributed by atoms with Crippen molar-refractivity contribution in [1.82, 2.24) is 19.7 Å². The smallest absolute Gasteiger partial charge is 0.307 e. The summed E-state index contributed by atoms with van der Waals surface area (Å²) in [6, 6.07) is 0. The summed E-state index contributed by atoms with van der Waals surface area (Å²) < 4.78 is 12.9. The Morgan fingerprint density at radius 3 is 2.72 bits per heavy atom. The largest absolute Gasteiger partial charge is 0.460 e. The number of hydrogen-bond acceptors (Lipinski definition) is 6. The van der Waals surface area contributed by atoms with Gasteiger partial charge < -0.3 is 13.8 Å². The molecule has 0 spiro atoms. The van der Waals surface area contributed by atoms with Crippen LogP contribution in [-0.4, -0.2) is 31.3 Å². The van der Waals surface area contributed by atoms with Gasteiger partial charge >= 0.3 is 5.97 Å². The summed E-state index contributed by atoms with van der Waals surface area (Å²) in [6.45, 7) is 5.65. The van der Waals surface area contributed by atoms with E-state index >= 15 is 0 Å². The lowest BCUT2D eigenvalue weighted by atomic mass is 9.84. The molecule has 2 heterocycles. The van der Waals surface area contributed by atoms with Gasteiger partial charge in [0.1, 0.15) is 5.60 Å². The lowest BCUT2D eigenvalue weighted by Crippen LogP contribution is -2.25. The zero-order chi connectivity index (χ0) is 20.9. The number of nitrogens with zero attached hydrogens (tertiary/aromatic N) is 4. The van der Waals surface area contributed by atoms with Crippen LogP contribution < -0.4 is 0 Å². The van der Waals surface area contributed by atoms with Crippen LogP contribution in [0.2, 0.25) is 0 Å². The highest BCUT2D eigenvalue weighted by Gasteiger charge is 2.27. The molecule has 0 saturated heterocycles. The van der Waals surface area contributed by atoms with Gasteiger partial charge in [-0.1, -0.05) is 50.1 Å². The molecule has 0 aromatic carbocycles. The summed E-state index contributed by atoms with van der Waals surface area (Å²) in [5.74, 6) is 2.06. The molecule has 1 aliphatic rings. The second-order valence-electron chi connectivity index (χ2n) is 9.24. The fourth-order valence-corrected chi connectivity index (χ4v) is 4.10. The topological polar surface area (TPSA) is 83.0 Å². The summed E-state index contributed by atoms with van der Waals surface area (Å²) in [5, 5.41) is 4.10. The van der Waals surface area contributed by atoms with Crippen LogP contribution in [-0.2, 0) is 16.6 Å². The molecular formula is C22H34N4O3. The number of aromatic nitrogens is 4. The standard InChI is InChI=1S/C22H34N4O3/c1-22(2,3)28-18(27)15-17(12-8-11-16-9-6-5-7-10-16)21-24-19(25-29-21)20-23-13-14-26(20)4/h13-14,16-17H,5-12,15H2,1-4H3/t17-/m1/s1. The monoisotopic (exact) mass is 402 g/mol. The summed E-state index contributed by atoms with van der Waals surface area (Å²) >= 11 is 0. The molecule has 0 radical (unpaired) electrons. The fraction of sp³-hybridized carbons (Fsp3) is 0.727. The van der Waals surface area contributed by atoms with Gasteiger partial charge in [0, 0.05) is 25.4 Å². The molecule has 29 heavy (non-hydrogen) atoms. The predicted molar refractivity (Wildman–Crippen MR) is 110 cm³/mol. The molecule has 160 valence electrons. The highest BCUT2D eigenvalue weighted by atomic mass is 16.6. The van der Waals surface area contributed by atoms with Gasteiger partial charge in [-0.25, -0.2) is 4.98 Å². The fourth-order valence-electron chi connectivity index (χ4n) is 4.10. The number of imidazole rings is 1. The van der Waals surface area contributed by atoms with Crippen molar-refractivity contribution in [3.63, 3.8) is 0 Å². The average molecular weight is 403 g/mol. The van der Waals surface area contributed by atoms with Crippen LogP contribution in [0.3, 0.4) is 0 Å². The minimum absolute atomic E-state index is 0.130. The van der Waals surface area contributed by atoms with E-state index in [1.807, 2.05) is 38.6 Å². The molecule has 7 nitrogen and oxygen atoms in total. The van der Waals surface area contributed by atoms with Gasteiger partial charge in [0.05, 0.1) is 6.42 Å². The molecule has 3 rings (SSSR count). The van der Waals surface area contributed by atoms with Gasteiger partial charge in [-0.05, 0) is 33.1 Å². The zero-order valence-corrected chi connectivity index (χ0v) is 18.2. The van der Waals surface area contributed by atoms with Gasteiger partial charge in [-0.15, -0.1) is 0 Å². The van der Waals surface area contributed by atoms with Crippen LogP contribution in [0.4, 0.5) is 0 Å². The molecule has 2 aromatic rings. The van der Waals surface area contributed by atoms with Crippen LogP contribution in [0, 0.1) is 5.92 Å². The lowest BCUT2D eigenvalue weighted by Gasteiger charge is -2.23. The van der Waals surface area contributed by atoms with Crippen LogP contribution in [0.5, 0.6) is 0 Å². The molecule has 1 saturated carbocycles. The highest BCUT2D eigenvalue weighted by molar-refractivity contribution is 5.70. The Balaban J connectivity index is 1.67. The van der Waals surface area contributed by atoms with Gasteiger partial charge in [-0.2, -0.15) is 4.98 Å². The summed E-state index contributed by atoms with van der Waals surface area (Å²) in [6.07, 6.45) is 13.6. The van der Waals surface area contributed by atoms with E-state index in [-0.39, 0.29) is 18.3 Å². The quantitative estimate of drug-likeness (QED) is 0.576. The van der Waals surface area contributed by atoms with Crippen molar-refractivity contribution in [2.24, 2.45) is 13.0 Å². The number of carbonyl (C=O) groups is 1. The molecule has 1 fully saturated rings. The first-order valence-electron chi connectivity index (χ1n) is 10.8. The molecule has 7 heteroatoms. The van der Waals surface area contributed by atoms with Crippen LogP contribution in [0.1, 0.15) is 90.4 Å². The summed E-state index contributed by atoms with van der Waals surface area (Å²) in [4.78, 5) is 21.3. The van der Waals surface area contributed by atoms with E-state index in [0.29, 0.717) is 17.5 Å². The SMILES string of the molecule is Cn1ccnc1-c1noc([C@H](CCCC2CCCCC2)CC(=O)OC(C)(C)C)n1. The third-order valence-electron chi connectivity index (χ3n) is 5.53. The van der Waals surface area contributed by atoms with E-state index in [1.54, 1.807) is 6.20 Å². The Morgan fingerprint density at radius 1 is 1.31 bits per heavy atom. The van der Waals surface area contributed by atoms with E-state index in [2.05, 4.69) is 15.1 Å². The van der Waals surface area contributed by atoms with Gasteiger partial charge in [0.2, 0.25) is 11.7 Å². The number of rotatable bonds is 8. The van der Waals surface area contributed by atoms with E-state index in [0.717, 1.165) is 18.8 Å². The Morgan fingerprint density at radius 2 is 2.07 bits per heavy atom. The number of hydrogen-bond donors (Lipinski definition) is 0. The second-order valence-corrected chi connectivity index (χ2v) is 9.24. The molecule has 1 aliphatic carbocycles. The summed E-state index contributed by atoms with van der Waals surface area (Å²) in [7, 11) is 1.89. The third-order valence-corrected chi connectivity index (χ3v) is 5.53. The van der Waals surface area contributed by atoms with Gasteiger partial charge in [-0.3, -0.25) is 4.79 Å². The molecule has 1 atom stereocenters. The number of aryl methyl sites for hydroxylation is 1. The Kier molecular flexibility index (Phi) is 7.09. The van der Waals surface area contributed by atoms with Crippen LogP contribution in [0.25, 0.3) is 11.6 Å². The second kappa shape index (κ2) is 9.55. The Labute approximate surface area is 173 Å². The predicted octanol–water partition coefficient (Wildman–Crippen LogP) is 5.04. The lowest BCUT2D eigenvalue weighted by molar-refractivity contribution is -0.155. The van der Waals surface area contributed by atoms with Gasteiger partial charge in [0.25, 0.3) is 0 Å². The van der Waals surface area contributed by atoms with Crippen molar-refractivity contribution in [3.8, 4) is 11.6 Å². The number of ether oxygens (including phenoxy) is 1. The highest BCUT2D eigenvalue weighted by Crippen LogP contribution is 2.32. The van der Waals surface area contributed by atoms with Crippen molar-refractivity contribution in [2.75, 3.05) is 0 Å². The van der Waals surface area contributed by atoms with Crippen molar-refractivity contribution >= 4 is 5.97 Å². The maximum atomic E-state index is 12.5. The maximum Gasteiger partial charge on any atom is 0.307 e. The number of carbonyl (C=O) groups excluding carboxylic acids is 1. The molecule has 0 amide bonds. The zero-order valence-electron chi connectivity index (χ0n) is 18.2. The van der Waals surface area contributed by atoms with Crippen LogP contribution in [0.15, 0.2) is 16.9 Å². The first-order chi connectivity index (χ1) is 13.8. The van der Waals surface area contributed by atoms with Gasteiger partial charge in [0.15, 0.2) is 5.82 Å². The Bertz CT molecular complexity index is 784. The maximum absolute atomic E-state index is 12.5. The minimum Gasteiger partial charge on any atom is -0.460 e. The number of esters is 1. The third kappa shape index (κ3) is 6.41. The molecule has 2 aromatic heterocycles. The molecule has 0 unspecified atom stereocenters. The van der Waals surface area contributed by atoms with Crippen molar-refractivity contribution in [2.45, 2.75) is 90.1 Å². The first-order valence-corrected chi connectivity index (χ1v) is 10.8. The van der Waals surface area contributed by atoms with E-state index in [1.165, 1.54) is 38.5 Å². The van der Waals surface area contributed by atoms with Crippen LogP contribution >= 0.6 is 0 Å². The van der Waals surface area contributed by atoms with E-state index < -0.39 is 5.60 Å². The van der Waals surface area contributed by atoms with E-state index in [4.69, 9.17) is 9.26 Å². The first kappa shape index (κ1) is 21.5. The van der Waals surface area contributed by atoms with Crippen molar-refractivity contribution in [1.29, 1.82) is 0 Å². The van der Waals surface area contributed by atoms with E-state index in [9.17, 15) is 4.79 Å². The summed E-state index contributed by atoms with van der Waals surface area (Å²) in [5.41, 5.74) is -0.503. The Hall–Kier alpha value is -2.18. The molecular weight excluding hydrogens is 368 g/mol. The molecule has 0 N–H and O–H groups in total. The van der Waals surface area contributed by atoms with Crippen molar-refractivity contribution < 1.29 is 14.1 Å². The normalized spacial score (nSPS) is 16.7. The minimum atomic E-state index is -0.503. The average Bonchev–Trinajstić information content (AvgIpc) is 3.29. The molecule has 0 bridgehead atoms. The van der Waals surface area contributed by atoms with Crippen molar-refractivity contribution in [3.05, 3.63) is 18.3 Å². The molecule has 0 aliphatic heterocycles.